The molecule has 0 bridgehead atoms. The molecule has 0 unspecified atom stereocenters. The second kappa shape index (κ2) is 6.48. The van der Waals surface area contributed by atoms with E-state index in [1.165, 1.54) is 12.5 Å². The van der Waals surface area contributed by atoms with Crippen LogP contribution in [0.1, 0.15) is 12.5 Å². The molecule has 4 heteroatoms. The Morgan fingerprint density at radius 1 is 1.15 bits per heavy atom. The Bertz CT molecular complexity index is 608. The first kappa shape index (κ1) is 14.5. The summed E-state index contributed by atoms with van der Waals surface area (Å²) in [5.41, 5.74) is 1.99. The van der Waals surface area contributed by atoms with Gasteiger partial charge in [0, 0.05) is 22.8 Å². The molecule has 0 saturated heterocycles. The minimum Gasteiger partial charge on any atom is -0.497 e. The molecule has 1 amide bonds. The van der Waals surface area contributed by atoms with Gasteiger partial charge < -0.3 is 10.1 Å². The van der Waals surface area contributed by atoms with E-state index in [1.807, 2.05) is 18.2 Å². The van der Waals surface area contributed by atoms with E-state index in [9.17, 15) is 4.79 Å². The number of nitrogens with one attached hydrogen (secondary N) is 1. The molecule has 0 aliphatic rings. The highest BCUT2D eigenvalue weighted by Gasteiger charge is 2.08. The zero-order valence-corrected chi connectivity index (χ0v) is 12.6. The number of ether oxygens (including phenoxy) is 1. The van der Waals surface area contributed by atoms with Crippen LogP contribution in [0.15, 0.2) is 52.3 Å². The van der Waals surface area contributed by atoms with Gasteiger partial charge in [0.25, 0.3) is 0 Å². The molecule has 20 heavy (non-hydrogen) atoms. The summed E-state index contributed by atoms with van der Waals surface area (Å²) in [5, 5.41) is 2.84. The zero-order chi connectivity index (χ0) is 14.5. The van der Waals surface area contributed by atoms with Gasteiger partial charge in [-0.2, -0.15) is 0 Å². The molecule has 0 heterocycles. The Kier molecular flexibility index (Phi) is 4.69. The fourth-order valence-corrected chi connectivity index (χ4v) is 2.63. The first-order valence-corrected chi connectivity index (χ1v) is 7.10. The van der Waals surface area contributed by atoms with E-state index >= 15 is 0 Å². The Morgan fingerprint density at radius 2 is 1.85 bits per heavy atom. The van der Waals surface area contributed by atoms with Crippen molar-refractivity contribution in [2.75, 3.05) is 12.4 Å². The molecule has 0 saturated carbocycles. The van der Waals surface area contributed by atoms with Crippen molar-refractivity contribution >= 4 is 23.4 Å². The van der Waals surface area contributed by atoms with Crippen LogP contribution in [0.5, 0.6) is 5.75 Å². The lowest BCUT2D eigenvalue weighted by Crippen LogP contribution is -2.06. The van der Waals surface area contributed by atoms with Crippen LogP contribution in [0.2, 0.25) is 0 Å². The lowest BCUT2D eigenvalue weighted by molar-refractivity contribution is -0.114. The van der Waals surface area contributed by atoms with E-state index in [2.05, 4.69) is 36.5 Å². The molecule has 0 fully saturated rings. The van der Waals surface area contributed by atoms with Gasteiger partial charge in [-0.1, -0.05) is 29.5 Å². The number of rotatable bonds is 4. The standard InChI is InChI=1S/C16H17NO2S/c1-11-4-7-14(8-5-11)20-16-9-6-13(19-3)10-15(16)17-12(2)18/h4-10H,1-3H3,(H,17,18). The van der Waals surface area contributed by atoms with Crippen molar-refractivity contribution < 1.29 is 9.53 Å². The van der Waals surface area contributed by atoms with Crippen molar-refractivity contribution in [3.8, 4) is 5.75 Å². The lowest BCUT2D eigenvalue weighted by Gasteiger charge is -2.11. The quantitative estimate of drug-likeness (QED) is 0.919. The predicted molar refractivity (Wildman–Crippen MR) is 82.6 cm³/mol. The monoisotopic (exact) mass is 287 g/mol. The van der Waals surface area contributed by atoms with Crippen molar-refractivity contribution in [1.82, 2.24) is 0 Å². The summed E-state index contributed by atoms with van der Waals surface area (Å²) in [7, 11) is 1.61. The van der Waals surface area contributed by atoms with Crippen molar-refractivity contribution in [2.45, 2.75) is 23.6 Å². The van der Waals surface area contributed by atoms with E-state index in [0.717, 1.165) is 21.2 Å². The molecule has 0 aliphatic heterocycles. The van der Waals surface area contributed by atoms with Gasteiger partial charge in [0.15, 0.2) is 0 Å². The SMILES string of the molecule is COc1ccc(Sc2ccc(C)cc2)c(NC(C)=O)c1. The Hall–Kier alpha value is -1.94. The number of benzene rings is 2. The Labute approximate surface area is 123 Å². The lowest BCUT2D eigenvalue weighted by atomic mass is 10.2. The molecular formula is C16H17NO2S. The smallest absolute Gasteiger partial charge is 0.221 e. The molecular weight excluding hydrogens is 270 g/mol. The molecule has 0 spiro atoms. The average Bonchev–Trinajstić information content (AvgIpc) is 2.42. The summed E-state index contributed by atoms with van der Waals surface area (Å²) < 4.78 is 5.20. The average molecular weight is 287 g/mol. The van der Waals surface area contributed by atoms with Gasteiger partial charge in [0.05, 0.1) is 12.8 Å². The summed E-state index contributed by atoms with van der Waals surface area (Å²) in [6, 6.07) is 14.0. The molecule has 3 nitrogen and oxygen atoms in total. The van der Waals surface area contributed by atoms with Crippen LogP contribution in [0, 0.1) is 6.92 Å². The van der Waals surface area contributed by atoms with Crippen LogP contribution in [-0.4, -0.2) is 13.0 Å². The first-order valence-electron chi connectivity index (χ1n) is 6.28. The van der Waals surface area contributed by atoms with Gasteiger partial charge in [-0.3, -0.25) is 4.79 Å². The minimum absolute atomic E-state index is 0.0935. The van der Waals surface area contributed by atoms with Gasteiger partial charge in [-0.25, -0.2) is 0 Å². The molecule has 1 N–H and O–H groups in total. The molecule has 104 valence electrons. The molecule has 0 atom stereocenters. The third kappa shape index (κ3) is 3.78. The van der Waals surface area contributed by atoms with Gasteiger partial charge in [-0.15, -0.1) is 0 Å². The van der Waals surface area contributed by atoms with Crippen molar-refractivity contribution in [2.24, 2.45) is 0 Å². The third-order valence-electron chi connectivity index (χ3n) is 2.75. The van der Waals surface area contributed by atoms with Crippen LogP contribution in [-0.2, 0) is 4.79 Å². The number of methoxy groups -OCH3 is 1. The highest BCUT2D eigenvalue weighted by Crippen LogP contribution is 2.35. The largest absolute Gasteiger partial charge is 0.497 e. The molecule has 2 aromatic rings. The van der Waals surface area contributed by atoms with Gasteiger partial charge in [0.2, 0.25) is 5.91 Å². The van der Waals surface area contributed by atoms with Crippen molar-refractivity contribution in [3.63, 3.8) is 0 Å². The van der Waals surface area contributed by atoms with Crippen LogP contribution in [0.3, 0.4) is 0 Å². The number of hydrogen-bond acceptors (Lipinski definition) is 3. The van der Waals surface area contributed by atoms with E-state index in [-0.39, 0.29) is 5.91 Å². The molecule has 0 aliphatic carbocycles. The van der Waals surface area contributed by atoms with E-state index in [1.54, 1.807) is 18.9 Å². The van der Waals surface area contributed by atoms with Gasteiger partial charge >= 0.3 is 0 Å². The maximum Gasteiger partial charge on any atom is 0.221 e. The predicted octanol–water partition coefficient (Wildman–Crippen LogP) is 4.11. The zero-order valence-electron chi connectivity index (χ0n) is 11.8. The van der Waals surface area contributed by atoms with Crippen LogP contribution < -0.4 is 10.1 Å². The van der Waals surface area contributed by atoms with E-state index in [4.69, 9.17) is 4.74 Å². The normalized spacial score (nSPS) is 10.2. The second-order valence-corrected chi connectivity index (χ2v) is 5.57. The van der Waals surface area contributed by atoms with E-state index in [0.29, 0.717) is 0 Å². The van der Waals surface area contributed by atoms with E-state index < -0.39 is 0 Å². The number of hydrogen-bond donors (Lipinski definition) is 1. The number of carbonyl (C=O) groups is 1. The molecule has 2 rings (SSSR count). The number of carbonyl (C=O) groups excluding carboxylic acids is 1. The number of anilines is 1. The fourth-order valence-electron chi connectivity index (χ4n) is 1.75. The highest BCUT2D eigenvalue weighted by molar-refractivity contribution is 7.99. The summed E-state index contributed by atoms with van der Waals surface area (Å²) in [5.74, 6) is 0.631. The third-order valence-corrected chi connectivity index (χ3v) is 3.83. The Morgan fingerprint density at radius 3 is 2.45 bits per heavy atom. The van der Waals surface area contributed by atoms with Crippen molar-refractivity contribution in [1.29, 1.82) is 0 Å². The second-order valence-electron chi connectivity index (χ2n) is 4.46. The van der Waals surface area contributed by atoms with Crippen LogP contribution in [0.25, 0.3) is 0 Å². The molecule has 2 aromatic carbocycles. The van der Waals surface area contributed by atoms with Gasteiger partial charge in [0.1, 0.15) is 5.75 Å². The summed E-state index contributed by atoms with van der Waals surface area (Å²) >= 11 is 1.61. The molecule has 0 aromatic heterocycles. The van der Waals surface area contributed by atoms with Crippen LogP contribution in [0.4, 0.5) is 5.69 Å². The maximum absolute atomic E-state index is 11.3. The summed E-state index contributed by atoms with van der Waals surface area (Å²) in [6.07, 6.45) is 0. The highest BCUT2D eigenvalue weighted by atomic mass is 32.2. The van der Waals surface area contributed by atoms with Crippen molar-refractivity contribution in [3.05, 3.63) is 48.0 Å². The molecule has 0 radical (unpaired) electrons. The fraction of sp³-hybridized carbons (Fsp3) is 0.188. The summed E-state index contributed by atoms with van der Waals surface area (Å²) in [4.78, 5) is 13.4. The minimum atomic E-state index is -0.0935. The topological polar surface area (TPSA) is 38.3 Å². The Balaban J connectivity index is 2.29. The number of aryl methyl sites for hydroxylation is 1. The summed E-state index contributed by atoms with van der Waals surface area (Å²) in [6.45, 7) is 3.56. The maximum atomic E-state index is 11.3. The number of amides is 1. The van der Waals surface area contributed by atoms with Crippen LogP contribution >= 0.6 is 11.8 Å². The first-order chi connectivity index (χ1) is 9.58. The van der Waals surface area contributed by atoms with Gasteiger partial charge in [-0.05, 0) is 31.2 Å².